The Kier molecular flexibility index (Phi) is 3.66. The summed E-state index contributed by atoms with van der Waals surface area (Å²) in [4.78, 5) is 11.6. The van der Waals surface area contributed by atoms with Crippen LogP contribution in [0.3, 0.4) is 0 Å². The molecule has 4 nitrogen and oxygen atoms in total. The van der Waals surface area contributed by atoms with E-state index in [1.807, 2.05) is 12.1 Å². The van der Waals surface area contributed by atoms with Crippen LogP contribution in [0.25, 0.3) is 0 Å². The summed E-state index contributed by atoms with van der Waals surface area (Å²) in [7, 11) is 2.14. The molecule has 3 heterocycles. The van der Waals surface area contributed by atoms with E-state index in [4.69, 9.17) is 0 Å². The molecule has 0 aromatic carbocycles. The number of aryl methyl sites for hydroxylation is 2. The van der Waals surface area contributed by atoms with Crippen molar-refractivity contribution in [3.05, 3.63) is 59.2 Å². The molecule has 1 fully saturated rings. The highest BCUT2D eigenvalue weighted by Gasteiger charge is 2.46. The molecule has 0 spiro atoms. The van der Waals surface area contributed by atoms with E-state index in [0.29, 0.717) is 0 Å². The molecular formula is C19H23N3O. The van der Waals surface area contributed by atoms with Gasteiger partial charge in [-0.25, -0.2) is 0 Å². The zero-order valence-electron chi connectivity index (χ0n) is 13.6. The number of pyridine rings is 2. The molecule has 2 aromatic heterocycles. The number of rotatable bonds is 1. The summed E-state index contributed by atoms with van der Waals surface area (Å²) in [5.74, 6) is 0.166. The van der Waals surface area contributed by atoms with Crippen LogP contribution in [0.2, 0.25) is 0 Å². The molecule has 0 bridgehead atoms. The van der Waals surface area contributed by atoms with Crippen LogP contribution < -0.4 is 0 Å². The fraction of sp³-hybridized carbons (Fsp3) is 0.474. The molecule has 0 amide bonds. The normalized spacial score (nSPS) is 21.3. The van der Waals surface area contributed by atoms with E-state index in [1.165, 1.54) is 0 Å². The van der Waals surface area contributed by atoms with Crippen LogP contribution in [-0.4, -0.2) is 40.1 Å². The average molecular weight is 309 g/mol. The first-order valence-electron chi connectivity index (χ1n) is 8.49. The van der Waals surface area contributed by atoms with Gasteiger partial charge in [0.2, 0.25) is 0 Å². The van der Waals surface area contributed by atoms with Crippen LogP contribution in [-0.2, 0) is 18.4 Å². The van der Waals surface area contributed by atoms with E-state index in [1.54, 1.807) is 12.4 Å². The average Bonchev–Trinajstić information content (AvgIpc) is 2.72. The SMILES string of the molecule is CN1CCC(C2(O)c3ncccc3CCc3cccnc32)CC1. The molecule has 0 radical (unpaired) electrons. The third-order valence-electron chi connectivity index (χ3n) is 5.48. The molecule has 23 heavy (non-hydrogen) atoms. The molecule has 4 heteroatoms. The van der Waals surface area contributed by atoms with Gasteiger partial charge in [0.05, 0.1) is 11.4 Å². The van der Waals surface area contributed by atoms with Crippen molar-refractivity contribution in [1.29, 1.82) is 0 Å². The predicted octanol–water partition coefficient (Wildman–Crippen LogP) is 2.15. The minimum atomic E-state index is -1.06. The van der Waals surface area contributed by atoms with Crippen molar-refractivity contribution in [2.45, 2.75) is 31.3 Å². The lowest BCUT2D eigenvalue weighted by atomic mass is 9.74. The number of nitrogens with zero attached hydrogens (tertiary/aromatic N) is 3. The second-order valence-electron chi connectivity index (χ2n) is 6.87. The van der Waals surface area contributed by atoms with Gasteiger partial charge in [0, 0.05) is 18.3 Å². The molecular weight excluding hydrogens is 286 g/mol. The van der Waals surface area contributed by atoms with E-state index >= 15 is 0 Å². The zero-order valence-corrected chi connectivity index (χ0v) is 13.6. The van der Waals surface area contributed by atoms with Gasteiger partial charge in [0.15, 0.2) is 5.60 Å². The maximum absolute atomic E-state index is 11.9. The Morgan fingerprint density at radius 3 is 2.04 bits per heavy atom. The van der Waals surface area contributed by atoms with Crippen LogP contribution in [0.5, 0.6) is 0 Å². The van der Waals surface area contributed by atoms with E-state index in [-0.39, 0.29) is 5.92 Å². The number of aromatic nitrogens is 2. The van der Waals surface area contributed by atoms with Crippen molar-refractivity contribution in [2.24, 2.45) is 5.92 Å². The number of hydrogen-bond acceptors (Lipinski definition) is 4. The largest absolute Gasteiger partial charge is 0.377 e. The highest BCUT2D eigenvalue weighted by atomic mass is 16.3. The first-order valence-corrected chi connectivity index (χ1v) is 8.49. The summed E-state index contributed by atoms with van der Waals surface area (Å²) in [6.07, 6.45) is 7.37. The van der Waals surface area contributed by atoms with Gasteiger partial charge in [-0.3, -0.25) is 9.97 Å². The Morgan fingerprint density at radius 1 is 1.00 bits per heavy atom. The van der Waals surface area contributed by atoms with Crippen molar-refractivity contribution in [3.63, 3.8) is 0 Å². The summed E-state index contributed by atoms with van der Waals surface area (Å²) < 4.78 is 0. The monoisotopic (exact) mass is 309 g/mol. The van der Waals surface area contributed by atoms with Crippen LogP contribution in [0.1, 0.15) is 35.4 Å². The summed E-state index contributed by atoms with van der Waals surface area (Å²) in [5, 5.41) is 11.9. The number of fused-ring (bicyclic) bond motifs is 2. The molecule has 2 aromatic rings. The van der Waals surface area contributed by atoms with E-state index in [0.717, 1.165) is 61.3 Å². The first-order chi connectivity index (χ1) is 11.2. The minimum Gasteiger partial charge on any atom is -0.377 e. The van der Waals surface area contributed by atoms with Crippen LogP contribution in [0.4, 0.5) is 0 Å². The van der Waals surface area contributed by atoms with Gasteiger partial charge in [-0.15, -0.1) is 0 Å². The van der Waals surface area contributed by atoms with Gasteiger partial charge < -0.3 is 10.0 Å². The Bertz CT molecular complexity index is 660. The third kappa shape index (κ3) is 2.37. The molecule has 0 atom stereocenters. The first kappa shape index (κ1) is 14.8. The number of likely N-dealkylation sites (tertiary alicyclic amines) is 1. The van der Waals surface area contributed by atoms with Gasteiger partial charge in [-0.2, -0.15) is 0 Å². The highest BCUT2D eigenvalue weighted by molar-refractivity contribution is 5.42. The quantitative estimate of drug-likeness (QED) is 0.877. The lowest BCUT2D eigenvalue weighted by Crippen LogP contribution is -2.44. The van der Waals surface area contributed by atoms with E-state index in [2.05, 4.69) is 34.0 Å². The predicted molar refractivity (Wildman–Crippen MR) is 89.1 cm³/mol. The van der Waals surface area contributed by atoms with Crippen LogP contribution in [0, 0.1) is 5.92 Å². The Morgan fingerprint density at radius 2 is 1.52 bits per heavy atom. The number of piperidine rings is 1. The van der Waals surface area contributed by atoms with E-state index in [9.17, 15) is 5.11 Å². The van der Waals surface area contributed by atoms with Crippen LogP contribution >= 0.6 is 0 Å². The van der Waals surface area contributed by atoms with Crippen molar-refractivity contribution in [1.82, 2.24) is 14.9 Å². The summed E-state index contributed by atoms with van der Waals surface area (Å²) in [6, 6.07) is 8.15. The Labute approximate surface area is 137 Å². The third-order valence-corrected chi connectivity index (χ3v) is 5.48. The van der Waals surface area contributed by atoms with Crippen molar-refractivity contribution >= 4 is 0 Å². The zero-order chi connectivity index (χ0) is 15.9. The highest BCUT2D eigenvalue weighted by Crippen LogP contribution is 2.44. The fourth-order valence-corrected chi connectivity index (χ4v) is 4.16. The summed E-state index contributed by atoms with van der Waals surface area (Å²) in [6.45, 7) is 2.02. The second kappa shape index (κ2) is 5.69. The molecule has 1 N–H and O–H groups in total. The molecule has 2 aliphatic rings. The molecule has 120 valence electrons. The maximum atomic E-state index is 11.9. The summed E-state index contributed by atoms with van der Waals surface area (Å²) in [5.41, 5.74) is 2.91. The van der Waals surface area contributed by atoms with Gasteiger partial charge in [0.1, 0.15) is 0 Å². The molecule has 1 saturated heterocycles. The van der Waals surface area contributed by atoms with Crippen molar-refractivity contribution in [2.75, 3.05) is 20.1 Å². The molecule has 4 rings (SSSR count). The lowest BCUT2D eigenvalue weighted by molar-refractivity contribution is -0.0182. The van der Waals surface area contributed by atoms with Gasteiger partial charge in [-0.05, 0) is 69.1 Å². The maximum Gasteiger partial charge on any atom is 0.151 e. The van der Waals surface area contributed by atoms with E-state index < -0.39 is 5.60 Å². The fourth-order valence-electron chi connectivity index (χ4n) is 4.16. The molecule has 0 saturated carbocycles. The Balaban J connectivity index is 1.89. The molecule has 1 aliphatic heterocycles. The number of aliphatic hydroxyl groups is 1. The smallest absolute Gasteiger partial charge is 0.151 e. The standard InChI is InChI=1S/C19H23N3O/c1-22-12-8-16(9-13-22)19(23)17-14(4-2-10-20-17)6-7-15-5-3-11-21-18(15)19/h2-5,10-11,16,23H,6-9,12-13H2,1H3. The summed E-state index contributed by atoms with van der Waals surface area (Å²) >= 11 is 0. The van der Waals surface area contributed by atoms with Crippen molar-refractivity contribution in [3.8, 4) is 0 Å². The number of hydrogen-bond donors (Lipinski definition) is 1. The van der Waals surface area contributed by atoms with Crippen molar-refractivity contribution < 1.29 is 5.11 Å². The Hall–Kier alpha value is -1.78. The lowest BCUT2D eigenvalue weighted by Gasteiger charge is -2.40. The second-order valence-corrected chi connectivity index (χ2v) is 6.87. The topological polar surface area (TPSA) is 49.2 Å². The van der Waals surface area contributed by atoms with Gasteiger partial charge in [-0.1, -0.05) is 12.1 Å². The minimum absolute atomic E-state index is 0.166. The van der Waals surface area contributed by atoms with Gasteiger partial charge >= 0.3 is 0 Å². The van der Waals surface area contributed by atoms with Gasteiger partial charge in [0.25, 0.3) is 0 Å². The van der Waals surface area contributed by atoms with Crippen LogP contribution in [0.15, 0.2) is 36.7 Å². The molecule has 0 unspecified atom stereocenters. The molecule has 1 aliphatic carbocycles.